The second-order valence-corrected chi connectivity index (χ2v) is 8.54. The Kier molecular flexibility index (Phi) is 4.43. The summed E-state index contributed by atoms with van der Waals surface area (Å²) in [5.74, 6) is 0.706. The number of carbonyl (C=O) groups is 2. The van der Waals surface area contributed by atoms with Crippen LogP contribution in [0.3, 0.4) is 0 Å². The van der Waals surface area contributed by atoms with Crippen molar-refractivity contribution < 1.29 is 14.3 Å². The molecule has 3 fully saturated rings. The highest BCUT2D eigenvalue weighted by molar-refractivity contribution is 5.75. The van der Waals surface area contributed by atoms with Crippen LogP contribution in [-0.2, 0) is 4.74 Å². The lowest BCUT2D eigenvalue weighted by Crippen LogP contribution is -2.55. The van der Waals surface area contributed by atoms with Gasteiger partial charge in [0.1, 0.15) is 0 Å². The SMILES string of the molecule is COC(=O)N1CCC[C@@H](NC(=O)N[C@@H]2C[C@@H]3CC[C@@]2(C)C3(C)C)C1. The number of nitrogens with zero attached hydrogens (tertiary/aromatic N) is 1. The molecule has 0 aromatic carbocycles. The van der Waals surface area contributed by atoms with E-state index in [1.807, 2.05) is 0 Å². The minimum absolute atomic E-state index is 0.00254. The summed E-state index contributed by atoms with van der Waals surface area (Å²) in [6.45, 7) is 8.24. The summed E-state index contributed by atoms with van der Waals surface area (Å²) < 4.78 is 4.78. The standard InChI is InChI=1S/C18H31N3O3/c1-17(2)12-7-8-18(17,3)14(10-12)20-15(22)19-13-6-5-9-21(11-13)16(23)24-4/h12-14H,5-11H2,1-4H3,(H2,19,20,22)/t12-,13+,14+,18+/m0/s1. The molecule has 2 N–H and O–H groups in total. The number of likely N-dealkylation sites (tertiary alicyclic amines) is 1. The summed E-state index contributed by atoms with van der Waals surface area (Å²) in [6.07, 6.45) is 5.02. The lowest BCUT2D eigenvalue weighted by Gasteiger charge is -2.40. The second kappa shape index (κ2) is 6.12. The van der Waals surface area contributed by atoms with Crippen LogP contribution in [0.1, 0.15) is 52.9 Å². The maximum absolute atomic E-state index is 12.5. The minimum atomic E-state index is -0.315. The van der Waals surface area contributed by atoms with Crippen molar-refractivity contribution in [2.24, 2.45) is 16.7 Å². The zero-order chi connectivity index (χ0) is 17.5. The van der Waals surface area contributed by atoms with E-state index in [-0.39, 0.29) is 35.0 Å². The van der Waals surface area contributed by atoms with Gasteiger partial charge in [-0.2, -0.15) is 0 Å². The summed E-state index contributed by atoms with van der Waals surface area (Å²) >= 11 is 0. The third kappa shape index (κ3) is 2.74. The molecular formula is C18H31N3O3. The first-order chi connectivity index (χ1) is 11.3. The van der Waals surface area contributed by atoms with Gasteiger partial charge in [-0.15, -0.1) is 0 Å². The van der Waals surface area contributed by atoms with E-state index in [0.717, 1.165) is 19.3 Å². The fourth-order valence-electron chi connectivity index (χ4n) is 5.20. The van der Waals surface area contributed by atoms with Gasteiger partial charge in [0.05, 0.1) is 7.11 Å². The molecule has 3 aliphatic rings. The Balaban J connectivity index is 1.54. The van der Waals surface area contributed by atoms with Gasteiger partial charge >= 0.3 is 12.1 Å². The van der Waals surface area contributed by atoms with Crippen molar-refractivity contribution >= 4 is 12.1 Å². The molecule has 0 spiro atoms. The Hall–Kier alpha value is -1.46. The van der Waals surface area contributed by atoms with Gasteiger partial charge in [-0.25, -0.2) is 9.59 Å². The molecule has 1 heterocycles. The summed E-state index contributed by atoms with van der Waals surface area (Å²) in [5.41, 5.74) is 0.469. The Morgan fingerprint density at radius 2 is 1.92 bits per heavy atom. The molecule has 24 heavy (non-hydrogen) atoms. The van der Waals surface area contributed by atoms with E-state index in [0.29, 0.717) is 19.0 Å². The van der Waals surface area contributed by atoms with Gasteiger partial charge in [0, 0.05) is 25.2 Å². The molecule has 1 aliphatic heterocycles. The van der Waals surface area contributed by atoms with Crippen molar-refractivity contribution in [2.75, 3.05) is 20.2 Å². The van der Waals surface area contributed by atoms with Gasteiger partial charge in [-0.05, 0) is 48.9 Å². The van der Waals surface area contributed by atoms with Gasteiger partial charge in [0.2, 0.25) is 0 Å². The van der Waals surface area contributed by atoms with E-state index in [9.17, 15) is 9.59 Å². The fraction of sp³-hybridized carbons (Fsp3) is 0.889. The number of nitrogens with one attached hydrogen (secondary N) is 2. The van der Waals surface area contributed by atoms with Crippen LogP contribution in [0.4, 0.5) is 9.59 Å². The number of carbonyl (C=O) groups excluding carboxylic acids is 2. The molecule has 6 nitrogen and oxygen atoms in total. The van der Waals surface area contributed by atoms with Crippen molar-refractivity contribution in [1.29, 1.82) is 0 Å². The normalized spacial score (nSPS) is 37.2. The van der Waals surface area contributed by atoms with E-state index in [1.54, 1.807) is 4.90 Å². The molecule has 4 atom stereocenters. The minimum Gasteiger partial charge on any atom is -0.453 e. The fourth-order valence-corrected chi connectivity index (χ4v) is 5.20. The van der Waals surface area contributed by atoms with E-state index >= 15 is 0 Å². The maximum Gasteiger partial charge on any atom is 0.409 e. The average molecular weight is 337 g/mol. The van der Waals surface area contributed by atoms with E-state index in [1.165, 1.54) is 20.0 Å². The van der Waals surface area contributed by atoms with E-state index in [2.05, 4.69) is 31.4 Å². The molecule has 0 aromatic heterocycles. The number of methoxy groups -OCH3 is 1. The third-order valence-corrected chi connectivity index (χ3v) is 7.29. The van der Waals surface area contributed by atoms with Crippen molar-refractivity contribution in [1.82, 2.24) is 15.5 Å². The summed E-state index contributed by atoms with van der Waals surface area (Å²) in [5, 5.41) is 6.29. The lowest BCUT2D eigenvalue weighted by atomic mass is 9.69. The summed E-state index contributed by atoms with van der Waals surface area (Å²) in [6, 6.07) is 0.144. The highest BCUT2D eigenvalue weighted by Gasteiger charge is 2.61. The number of hydrogen-bond acceptors (Lipinski definition) is 3. The van der Waals surface area contributed by atoms with Crippen LogP contribution in [0.15, 0.2) is 0 Å². The van der Waals surface area contributed by atoms with Crippen molar-refractivity contribution in [3.8, 4) is 0 Å². The average Bonchev–Trinajstić information content (AvgIpc) is 2.87. The smallest absolute Gasteiger partial charge is 0.409 e. The van der Waals surface area contributed by atoms with Crippen molar-refractivity contribution in [2.45, 2.75) is 65.0 Å². The predicted molar refractivity (Wildman–Crippen MR) is 91.7 cm³/mol. The first-order valence-corrected chi connectivity index (χ1v) is 9.18. The number of hydrogen-bond donors (Lipinski definition) is 2. The first-order valence-electron chi connectivity index (χ1n) is 9.18. The number of amides is 3. The van der Waals surface area contributed by atoms with E-state index in [4.69, 9.17) is 4.74 Å². The quantitative estimate of drug-likeness (QED) is 0.814. The van der Waals surface area contributed by atoms with Crippen LogP contribution in [0.25, 0.3) is 0 Å². The number of rotatable bonds is 2. The lowest BCUT2D eigenvalue weighted by molar-refractivity contribution is 0.106. The zero-order valence-corrected chi connectivity index (χ0v) is 15.4. The molecule has 136 valence electrons. The maximum atomic E-state index is 12.5. The van der Waals surface area contributed by atoms with Crippen molar-refractivity contribution in [3.63, 3.8) is 0 Å². The molecular weight excluding hydrogens is 306 g/mol. The molecule has 0 aromatic rings. The van der Waals surface area contributed by atoms with Crippen LogP contribution >= 0.6 is 0 Å². The van der Waals surface area contributed by atoms with Gasteiger partial charge in [0.25, 0.3) is 0 Å². The summed E-state index contributed by atoms with van der Waals surface area (Å²) in [7, 11) is 1.39. The highest BCUT2D eigenvalue weighted by atomic mass is 16.5. The highest BCUT2D eigenvalue weighted by Crippen LogP contribution is 2.65. The predicted octanol–water partition coefficient (Wildman–Crippen LogP) is 2.73. The van der Waals surface area contributed by atoms with Crippen LogP contribution in [0, 0.1) is 16.7 Å². The second-order valence-electron chi connectivity index (χ2n) is 8.54. The molecule has 2 saturated carbocycles. The number of piperidine rings is 1. The van der Waals surface area contributed by atoms with Crippen molar-refractivity contribution in [3.05, 3.63) is 0 Å². The Bertz CT molecular complexity index is 522. The zero-order valence-electron chi connectivity index (χ0n) is 15.4. The largest absolute Gasteiger partial charge is 0.453 e. The van der Waals surface area contributed by atoms with Crippen LogP contribution in [0.2, 0.25) is 0 Å². The topological polar surface area (TPSA) is 70.7 Å². The monoisotopic (exact) mass is 337 g/mol. The Morgan fingerprint density at radius 1 is 1.17 bits per heavy atom. The number of urea groups is 1. The molecule has 0 unspecified atom stereocenters. The van der Waals surface area contributed by atoms with Crippen LogP contribution < -0.4 is 10.6 Å². The number of ether oxygens (including phenoxy) is 1. The Labute approximate surface area is 144 Å². The van der Waals surface area contributed by atoms with Gasteiger partial charge in [-0.3, -0.25) is 0 Å². The van der Waals surface area contributed by atoms with Crippen LogP contribution in [0.5, 0.6) is 0 Å². The molecule has 2 bridgehead atoms. The molecule has 2 aliphatic carbocycles. The van der Waals surface area contributed by atoms with Gasteiger partial charge in [0.15, 0.2) is 0 Å². The molecule has 3 amide bonds. The molecule has 3 rings (SSSR count). The number of fused-ring (bicyclic) bond motifs is 2. The summed E-state index contributed by atoms with van der Waals surface area (Å²) in [4.78, 5) is 25.8. The van der Waals surface area contributed by atoms with Gasteiger partial charge < -0.3 is 20.3 Å². The Morgan fingerprint density at radius 3 is 2.50 bits per heavy atom. The third-order valence-electron chi connectivity index (χ3n) is 7.29. The molecule has 1 saturated heterocycles. The molecule has 6 heteroatoms. The van der Waals surface area contributed by atoms with E-state index < -0.39 is 0 Å². The molecule has 0 radical (unpaired) electrons. The van der Waals surface area contributed by atoms with Crippen LogP contribution in [-0.4, -0.2) is 49.3 Å². The van der Waals surface area contributed by atoms with Gasteiger partial charge in [-0.1, -0.05) is 20.8 Å². The first kappa shape index (κ1) is 17.4.